The monoisotopic (exact) mass is 858 g/mol. The van der Waals surface area contributed by atoms with E-state index in [-0.39, 0.29) is 60.8 Å². The molecule has 4 heterocycles. The molecule has 2 aliphatic rings. The maximum Gasteiger partial charge on any atom is 0.302 e. The summed E-state index contributed by atoms with van der Waals surface area (Å²) in [6.07, 6.45) is 15.1. The molecule has 4 atom stereocenters. The molecule has 2 aliphatic heterocycles. The SMILES string of the molecule is CC[C@@H]1CC[C@@H](OC(C)=O)CC(=O)C[C@H](c2cc(O)c(O)c(OC)c2)n2cc3c(CO)ccc(c3c2)N(CCC(C)=O)C2=CC(=CCN2)[C@H](c2cccc(O)c2)Cc2c[nH]cc2C1. The van der Waals surface area contributed by atoms with Gasteiger partial charge in [-0.3, -0.25) is 14.4 Å². The molecule has 7 rings (SSSR count). The first kappa shape index (κ1) is 44.6. The Morgan fingerprint density at radius 2 is 1.68 bits per heavy atom. The molecule has 332 valence electrons. The van der Waals surface area contributed by atoms with Crippen molar-refractivity contribution in [2.24, 2.45) is 5.92 Å². The number of nitrogens with zero attached hydrogens (tertiary/aromatic N) is 2. The van der Waals surface area contributed by atoms with Crippen LogP contribution >= 0.6 is 0 Å². The summed E-state index contributed by atoms with van der Waals surface area (Å²) < 4.78 is 13.1. The zero-order valence-electron chi connectivity index (χ0n) is 36.4. The molecule has 0 radical (unpaired) electrons. The van der Waals surface area contributed by atoms with Crippen LogP contribution < -0.4 is 15.0 Å². The minimum Gasteiger partial charge on any atom is -0.508 e. The quantitative estimate of drug-likeness (QED) is 0.0623. The number of ketones is 2. The van der Waals surface area contributed by atoms with E-state index < -0.39 is 29.6 Å². The summed E-state index contributed by atoms with van der Waals surface area (Å²) >= 11 is 0. The van der Waals surface area contributed by atoms with Crippen molar-refractivity contribution in [2.45, 2.75) is 96.8 Å². The van der Waals surface area contributed by atoms with Crippen LogP contribution in [0.2, 0.25) is 0 Å². The lowest BCUT2D eigenvalue weighted by Crippen LogP contribution is -2.35. The van der Waals surface area contributed by atoms with E-state index >= 15 is 0 Å². The normalized spacial score (nSPS) is 20.0. The van der Waals surface area contributed by atoms with E-state index in [1.54, 1.807) is 19.1 Å². The van der Waals surface area contributed by atoms with Crippen molar-refractivity contribution in [3.8, 4) is 23.0 Å². The molecule has 2 aromatic heterocycles. The maximum atomic E-state index is 14.3. The highest BCUT2D eigenvalue weighted by Crippen LogP contribution is 2.42. The van der Waals surface area contributed by atoms with Crippen LogP contribution in [0.3, 0.4) is 0 Å². The van der Waals surface area contributed by atoms with Gasteiger partial charge in [-0.25, -0.2) is 0 Å². The van der Waals surface area contributed by atoms with E-state index in [4.69, 9.17) is 9.47 Å². The number of esters is 1. The fraction of sp³-hybridized carbons (Fsp3) is 0.380. The van der Waals surface area contributed by atoms with Gasteiger partial charge in [-0.15, -0.1) is 0 Å². The molecule has 3 aromatic carbocycles. The molecule has 0 spiro atoms. The summed E-state index contributed by atoms with van der Waals surface area (Å²) in [5.41, 5.74) is 6.19. The van der Waals surface area contributed by atoms with Crippen LogP contribution in [-0.2, 0) is 38.6 Å². The number of hydrogen-bond acceptors (Lipinski definition) is 11. The predicted molar refractivity (Wildman–Crippen MR) is 241 cm³/mol. The first-order valence-electron chi connectivity index (χ1n) is 21.7. The van der Waals surface area contributed by atoms with Gasteiger partial charge in [-0.2, -0.15) is 0 Å². The Bertz CT molecular complexity index is 2530. The minimum atomic E-state index is -0.734. The van der Waals surface area contributed by atoms with Crippen LogP contribution in [0.5, 0.6) is 23.0 Å². The summed E-state index contributed by atoms with van der Waals surface area (Å²) in [4.78, 5) is 44.9. The Labute approximate surface area is 367 Å². The summed E-state index contributed by atoms with van der Waals surface area (Å²) in [7, 11) is 1.38. The average molecular weight is 859 g/mol. The number of allylic oxidation sites excluding steroid dienone is 2. The Balaban J connectivity index is 1.43. The first-order valence-corrected chi connectivity index (χ1v) is 21.7. The van der Waals surface area contributed by atoms with Crippen molar-refractivity contribution in [1.82, 2.24) is 14.9 Å². The first-order chi connectivity index (χ1) is 30.3. The van der Waals surface area contributed by atoms with Crippen molar-refractivity contribution >= 4 is 34.0 Å². The highest BCUT2D eigenvalue weighted by molar-refractivity contribution is 5.97. The highest BCUT2D eigenvalue weighted by atomic mass is 16.5. The highest BCUT2D eigenvalue weighted by Gasteiger charge is 2.29. The van der Waals surface area contributed by atoms with Gasteiger partial charge in [0.2, 0.25) is 5.75 Å². The van der Waals surface area contributed by atoms with Crippen molar-refractivity contribution in [3.63, 3.8) is 0 Å². The maximum absolute atomic E-state index is 14.3. The van der Waals surface area contributed by atoms with Gasteiger partial charge >= 0.3 is 5.97 Å². The number of Topliss-reactive ketones (excluding diaryl/α,β-unsaturated/α-hetero) is 2. The number of phenolic OH excluding ortho intramolecular Hbond substituents is 3. The standard InChI is InChI=1S/C50H58N4O9/c1-5-32-9-11-41(63-31(3)57)23-40(59)24-46(36-20-47(60)50(61)48(21-36)62-4)53-27-43-35(29-55)10-12-45(44(43)28-53)54(16-14-30(2)56)49-22-34(13-15-52-49)42(33-7-6-8-39(58)18-33)19-38-26-51-25-37(38)17-32/h6-8,10,12-13,18,20-22,25-28,32,41-42,46,51-52,55,58,60-61H,5,9,11,14-17,19,23-24,29H2,1-4H3/t32-,41-,42+,46-/m1/s1. The van der Waals surface area contributed by atoms with E-state index in [1.165, 1.54) is 25.7 Å². The lowest BCUT2D eigenvalue weighted by Gasteiger charge is -2.32. The number of carbonyl (C=O) groups excluding carboxylic acids is 3. The third kappa shape index (κ3) is 10.3. The molecule has 4 bridgehead atoms. The van der Waals surface area contributed by atoms with Gasteiger partial charge in [0, 0.05) is 80.8 Å². The smallest absolute Gasteiger partial charge is 0.302 e. The number of carbonyl (C=O) groups is 3. The minimum absolute atomic E-state index is 0.0139. The number of phenols is 3. The van der Waals surface area contributed by atoms with Crippen molar-refractivity contribution in [3.05, 3.63) is 125 Å². The molecule has 0 saturated carbocycles. The number of dihydropyridines is 1. The number of methoxy groups -OCH3 is 1. The molecule has 0 fully saturated rings. The Morgan fingerprint density at radius 1 is 0.905 bits per heavy atom. The molecule has 5 aromatic rings. The number of nitrogens with one attached hydrogen (secondary N) is 2. The third-order valence-corrected chi connectivity index (χ3v) is 12.5. The van der Waals surface area contributed by atoms with Gasteiger partial charge < -0.3 is 49.7 Å². The Morgan fingerprint density at radius 3 is 2.40 bits per heavy atom. The van der Waals surface area contributed by atoms with Gasteiger partial charge in [-0.1, -0.05) is 37.6 Å². The number of aliphatic hydroxyl groups is 1. The fourth-order valence-corrected chi connectivity index (χ4v) is 9.17. The summed E-state index contributed by atoms with van der Waals surface area (Å²) in [5, 5.41) is 47.9. The molecular weight excluding hydrogens is 801 g/mol. The zero-order valence-corrected chi connectivity index (χ0v) is 36.4. The molecule has 13 heteroatoms. The van der Waals surface area contributed by atoms with Crippen molar-refractivity contribution < 1.29 is 44.3 Å². The number of anilines is 1. The number of benzene rings is 3. The number of aromatic nitrogens is 2. The van der Waals surface area contributed by atoms with Gasteiger partial charge in [0.1, 0.15) is 29.2 Å². The van der Waals surface area contributed by atoms with Gasteiger partial charge in [0.05, 0.1) is 25.4 Å². The van der Waals surface area contributed by atoms with E-state index in [9.17, 15) is 34.8 Å². The van der Waals surface area contributed by atoms with Crippen LogP contribution in [0.15, 0.2) is 96.9 Å². The van der Waals surface area contributed by atoms with Gasteiger partial charge in [0.15, 0.2) is 11.5 Å². The van der Waals surface area contributed by atoms with Crippen LogP contribution in [-0.4, -0.2) is 73.8 Å². The largest absolute Gasteiger partial charge is 0.508 e. The third-order valence-electron chi connectivity index (χ3n) is 12.5. The molecule has 13 nitrogen and oxygen atoms in total. The Hall–Kier alpha value is -6.47. The molecule has 0 aliphatic carbocycles. The number of aromatic hydroxyl groups is 3. The molecule has 6 N–H and O–H groups in total. The number of fused-ring (bicyclic) bond motifs is 3. The molecule has 63 heavy (non-hydrogen) atoms. The number of hydrogen-bond donors (Lipinski definition) is 6. The fourth-order valence-electron chi connectivity index (χ4n) is 9.17. The molecule has 0 amide bonds. The summed E-state index contributed by atoms with van der Waals surface area (Å²) in [6, 6.07) is 13.4. The Kier molecular flexibility index (Phi) is 13.9. The summed E-state index contributed by atoms with van der Waals surface area (Å²) in [5.74, 6) is -0.436. The lowest BCUT2D eigenvalue weighted by atomic mass is 9.82. The van der Waals surface area contributed by atoms with Crippen LogP contribution in [0.1, 0.15) is 99.1 Å². The predicted octanol–water partition coefficient (Wildman–Crippen LogP) is 8.00. The van der Waals surface area contributed by atoms with Gasteiger partial charge in [-0.05, 0) is 108 Å². The second kappa shape index (κ2) is 19.7. The number of rotatable bonds is 9. The molecule has 0 saturated heterocycles. The summed E-state index contributed by atoms with van der Waals surface area (Å²) in [6.45, 7) is 5.62. The van der Waals surface area contributed by atoms with Crippen molar-refractivity contribution in [2.75, 3.05) is 25.1 Å². The second-order valence-electron chi connectivity index (χ2n) is 16.9. The number of aromatic amines is 1. The number of H-pyrrole nitrogens is 1. The van der Waals surface area contributed by atoms with Crippen LogP contribution in [0, 0.1) is 5.92 Å². The van der Waals surface area contributed by atoms with Crippen molar-refractivity contribution in [1.29, 1.82) is 0 Å². The average Bonchev–Trinajstić information content (AvgIpc) is 3.91. The number of aliphatic hydroxyl groups excluding tert-OH is 1. The van der Waals surface area contributed by atoms with Gasteiger partial charge in [0.25, 0.3) is 0 Å². The van der Waals surface area contributed by atoms with E-state index in [1.807, 2.05) is 59.7 Å². The molecule has 0 unspecified atom stereocenters. The topological polar surface area (TPSA) is 187 Å². The van der Waals surface area contributed by atoms with E-state index in [0.29, 0.717) is 48.9 Å². The zero-order chi connectivity index (χ0) is 44.8. The van der Waals surface area contributed by atoms with E-state index in [0.717, 1.165) is 46.4 Å². The number of ether oxygens (including phenoxy) is 2. The second-order valence-corrected chi connectivity index (χ2v) is 16.9. The lowest BCUT2D eigenvalue weighted by molar-refractivity contribution is -0.148. The van der Waals surface area contributed by atoms with Crippen LogP contribution in [0.4, 0.5) is 5.69 Å². The van der Waals surface area contributed by atoms with Crippen LogP contribution in [0.25, 0.3) is 10.8 Å². The van der Waals surface area contributed by atoms with E-state index in [2.05, 4.69) is 34.3 Å². The molecular formula is C50H58N4O9.